The van der Waals surface area contributed by atoms with E-state index in [0.29, 0.717) is 19.4 Å². The summed E-state index contributed by atoms with van der Waals surface area (Å²) in [7, 11) is 0. The van der Waals surface area contributed by atoms with Crippen LogP contribution in [-0.4, -0.2) is 75.7 Å². The monoisotopic (exact) mass is 548 g/mol. The Bertz CT molecular complexity index is 1190. The lowest BCUT2D eigenvalue weighted by Gasteiger charge is -2.42. The fraction of sp³-hybridized carbons (Fsp3) is 0.594. The Hall–Kier alpha value is -2.97. The van der Waals surface area contributed by atoms with E-state index in [4.69, 9.17) is 9.47 Å². The minimum Gasteiger partial charge on any atom is -0.465 e. The first-order valence-electron chi connectivity index (χ1n) is 15.0. The van der Waals surface area contributed by atoms with Crippen LogP contribution in [0, 0.1) is 11.8 Å². The van der Waals surface area contributed by atoms with E-state index in [1.165, 1.54) is 4.90 Å². The zero-order chi connectivity index (χ0) is 27.9. The third-order valence-electron chi connectivity index (χ3n) is 9.81. The van der Waals surface area contributed by atoms with Crippen molar-refractivity contribution >= 4 is 17.8 Å². The molecule has 2 amide bonds. The highest BCUT2D eigenvalue weighted by atomic mass is 16.6. The number of rotatable bonds is 5. The van der Waals surface area contributed by atoms with Crippen LogP contribution in [0.4, 0.5) is 0 Å². The number of amides is 2. The molecular weight excluding hydrogens is 508 g/mol. The first-order valence-corrected chi connectivity index (χ1v) is 15.0. The Morgan fingerprint density at radius 2 is 1.75 bits per heavy atom. The van der Waals surface area contributed by atoms with Crippen LogP contribution >= 0.6 is 0 Å². The number of ether oxygens (including phenoxy) is 2. The summed E-state index contributed by atoms with van der Waals surface area (Å²) >= 11 is 0. The van der Waals surface area contributed by atoms with Gasteiger partial charge in [-0.2, -0.15) is 0 Å². The summed E-state index contributed by atoms with van der Waals surface area (Å²) in [6.07, 6.45) is 14.8. The molecule has 1 aliphatic carbocycles. The van der Waals surface area contributed by atoms with Crippen molar-refractivity contribution in [3.05, 3.63) is 60.2 Å². The summed E-state index contributed by atoms with van der Waals surface area (Å²) in [5, 5.41) is 10.7. The van der Waals surface area contributed by atoms with Crippen molar-refractivity contribution in [1.82, 2.24) is 9.80 Å². The van der Waals surface area contributed by atoms with Crippen molar-refractivity contribution in [3.8, 4) is 0 Å². The molecule has 8 nitrogen and oxygen atoms in total. The van der Waals surface area contributed by atoms with Crippen LogP contribution in [0.2, 0.25) is 0 Å². The quantitative estimate of drug-likeness (QED) is 0.445. The number of aliphatic hydroxyl groups excluding tert-OH is 1. The third kappa shape index (κ3) is 4.14. The molecule has 1 unspecified atom stereocenters. The molecule has 214 valence electrons. The molecule has 6 rings (SSSR count). The van der Waals surface area contributed by atoms with Gasteiger partial charge in [-0.3, -0.25) is 14.4 Å². The highest BCUT2D eigenvalue weighted by molar-refractivity contribution is 5.99. The molecule has 2 saturated heterocycles. The molecule has 6 atom stereocenters. The van der Waals surface area contributed by atoms with E-state index in [1.807, 2.05) is 66.5 Å². The minimum atomic E-state index is -1.36. The third-order valence-corrected chi connectivity index (χ3v) is 9.81. The maximum Gasteiger partial charge on any atom is 0.313 e. The molecule has 1 spiro atoms. The second kappa shape index (κ2) is 10.8. The van der Waals surface area contributed by atoms with Gasteiger partial charge in [0.1, 0.15) is 23.2 Å². The molecule has 1 aromatic rings. The maximum absolute atomic E-state index is 14.7. The summed E-state index contributed by atoms with van der Waals surface area (Å²) in [5.41, 5.74) is -1.70. The summed E-state index contributed by atoms with van der Waals surface area (Å²) in [4.78, 5) is 46.6. The van der Waals surface area contributed by atoms with Crippen molar-refractivity contribution < 1.29 is 29.0 Å². The van der Waals surface area contributed by atoms with Crippen LogP contribution in [0.25, 0.3) is 0 Å². The lowest BCUT2D eigenvalue weighted by atomic mass is 9.73. The molecule has 40 heavy (non-hydrogen) atoms. The van der Waals surface area contributed by atoms with Gasteiger partial charge in [-0.1, -0.05) is 80.8 Å². The number of nitrogens with zero attached hydrogens (tertiary/aromatic N) is 2. The van der Waals surface area contributed by atoms with E-state index < -0.39 is 41.1 Å². The lowest BCUT2D eigenvalue weighted by molar-refractivity contribution is -0.163. The topological polar surface area (TPSA) is 96.4 Å². The van der Waals surface area contributed by atoms with Crippen molar-refractivity contribution in [2.24, 2.45) is 11.8 Å². The van der Waals surface area contributed by atoms with E-state index in [1.54, 1.807) is 0 Å². The zero-order valence-electron chi connectivity index (χ0n) is 23.2. The standard InChI is InChI=1S/C32H40N2O6/c1-2-31-17-10-5-11-20-39-30(38)26(31)25-28(36)34(24(21-35)22-13-6-3-7-14-22)27-29(37)33(23-15-8-4-9-16-23)19-12-18-32(25,27)40-31/h3,6-7,10,12-14,17-18,23-27,35H,2,4-5,8-9,11,15-16,19-21H2,1H3/b17-10-/t24-,25+,26+,27?,31-,32+/m1/s1. The number of fused-ring (bicyclic) bond motifs is 2. The number of cyclic esters (lactones) is 1. The molecule has 1 aromatic carbocycles. The fourth-order valence-corrected chi connectivity index (χ4v) is 7.92. The fourth-order valence-electron chi connectivity index (χ4n) is 7.92. The van der Waals surface area contributed by atoms with Crippen molar-refractivity contribution in [1.29, 1.82) is 0 Å². The molecule has 4 heterocycles. The Kier molecular flexibility index (Phi) is 7.34. The SMILES string of the molecule is CC[C@@]12/C=C\CCCOC(=O)[C@@H]1[C@H]1C(=O)N([C@H](CO)c3ccccc3)C3C(=O)N(C4CCCCC4)CC=C[C@@]31O2. The van der Waals surface area contributed by atoms with Gasteiger partial charge in [-0.25, -0.2) is 0 Å². The number of likely N-dealkylation sites (tertiary alicyclic amines) is 1. The first kappa shape index (κ1) is 27.2. The van der Waals surface area contributed by atoms with E-state index >= 15 is 0 Å². The van der Waals surface area contributed by atoms with Gasteiger partial charge in [0.2, 0.25) is 11.8 Å². The van der Waals surface area contributed by atoms with Gasteiger partial charge in [0, 0.05) is 12.6 Å². The number of aliphatic hydroxyl groups is 1. The molecule has 1 N–H and O–H groups in total. The smallest absolute Gasteiger partial charge is 0.313 e. The number of hydrogen-bond acceptors (Lipinski definition) is 6. The van der Waals surface area contributed by atoms with Crippen LogP contribution in [0.3, 0.4) is 0 Å². The Balaban J connectivity index is 1.52. The maximum atomic E-state index is 14.7. The molecule has 5 aliphatic rings. The summed E-state index contributed by atoms with van der Waals surface area (Å²) in [5.74, 6) is -2.82. The number of allylic oxidation sites excluding steroid dienone is 1. The van der Waals surface area contributed by atoms with Crippen molar-refractivity contribution in [3.63, 3.8) is 0 Å². The Labute approximate surface area is 236 Å². The summed E-state index contributed by atoms with van der Waals surface area (Å²) in [6, 6.07) is 7.63. The summed E-state index contributed by atoms with van der Waals surface area (Å²) in [6.45, 7) is 2.30. The predicted octanol–water partition coefficient (Wildman–Crippen LogP) is 3.71. The van der Waals surface area contributed by atoms with Gasteiger partial charge in [-0.05, 0) is 37.7 Å². The highest BCUT2D eigenvalue weighted by Gasteiger charge is 2.76. The molecule has 0 aromatic heterocycles. The molecule has 4 aliphatic heterocycles. The van der Waals surface area contributed by atoms with Gasteiger partial charge < -0.3 is 24.4 Å². The molecule has 8 heteroatoms. The van der Waals surface area contributed by atoms with Crippen LogP contribution in [0.5, 0.6) is 0 Å². The Morgan fingerprint density at radius 3 is 2.48 bits per heavy atom. The normalized spacial score (nSPS) is 36.0. The first-order chi connectivity index (χ1) is 19.5. The van der Waals surface area contributed by atoms with Gasteiger partial charge in [-0.15, -0.1) is 0 Å². The molecule has 0 radical (unpaired) electrons. The van der Waals surface area contributed by atoms with Crippen LogP contribution < -0.4 is 0 Å². The molecule has 0 bridgehead atoms. The number of esters is 1. The number of hydrogen-bond donors (Lipinski definition) is 1. The average Bonchev–Trinajstić information content (AvgIpc) is 3.36. The van der Waals surface area contributed by atoms with E-state index in [2.05, 4.69) is 0 Å². The van der Waals surface area contributed by atoms with Crippen molar-refractivity contribution in [2.75, 3.05) is 19.8 Å². The van der Waals surface area contributed by atoms with Gasteiger partial charge in [0.05, 0.1) is 25.2 Å². The second-order valence-electron chi connectivity index (χ2n) is 11.9. The van der Waals surface area contributed by atoms with Crippen LogP contribution in [0.1, 0.15) is 69.9 Å². The minimum absolute atomic E-state index is 0.0879. The highest BCUT2D eigenvalue weighted by Crippen LogP contribution is 2.59. The van der Waals surface area contributed by atoms with Gasteiger partial charge >= 0.3 is 5.97 Å². The van der Waals surface area contributed by atoms with E-state index in [0.717, 1.165) is 44.1 Å². The van der Waals surface area contributed by atoms with E-state index in [-0.39, 0.29) is 31.1 Å². The largest absolute Gasteiger partial charge is 0.465 e. The molecule has 3 fully saturated rings. The molecule has 1 saturated carbocycles. The zero-order valence-corrected chi connectivity index (χ0v) is 23.2. The van der Waals surface area contributed by atoms with Crippen LogP contribution in [0.15, 0.2) is 54.6 Å². The molecular formula is C32H40N2O6. The summed E-state index contributed by atoms with van der Waals surface area (Å²) < 4.78 is 12.7. The van der Waals surface area contributed by atoms with Crippen LogP contribution in [-0.2, 0) is 23.9 Å². The number of benzene rings is 1. The average molecular weight is 549 g/mol. The lowest BCUT2D eigenvalue weighted by Crippen LogP contribution is -2.58. The Morgan fingerprint density at radius 1 is 0.975 bits per heavy atom. The van der Waals surface area contributed by atoms with Gasteiger partial charge in [0.15, 0.2) is 0 Å². The predicted molar refractivity (Wildman–Crippen MR) is 148 cm³/mol. The second-order valence-corrected chi connectivity index (χ2v) is 11.9. The number of carbonyl (C=O) groups is 3. The van der Waals surface area contributed by atoms with E-state index in [9.17, 15) is 19.5 Å². The van der Waals surface area contributed by atoms with Gasteiger partial charge in [0.25, 0.3) is 0 Å². The number of carbonyl (C=O) groups excluding carboxylic acids is 3. The van der Waals surface area contributed by atoms with Crippen molar-refractivity contribution in [2.45, 2.75) is 87.6 Å².